The molecule has 0 bridgehead atoms. The first-order valence-electron chi connectivity index (χ1n) is 10.5. The van der Waals surface area contributed by atoms with Crippen LogP contribution in [0.5, 0.6) is 0 Å². The smallest absolute Gasteiger partial charge is 0.548 e. The second-order valence-corrected chi connectivity index (χ2v) is 7.11. The molecule has 0 aromatic heterocycles. The first kappa shape index (κ1) is 29.6. The van der Waals surface area contributed by atoms with Gasteiger partial charge in [0.1, 0.15) is 0 Å². The summed E-state index contributed by atoms with van der Waals surface area (Å²) in [4.78, 5) is 21.5. The van der Waals surface area contributed by atoms with Gasteiger partial charge in [-0.15, -0.1) is 0 Å². The molecule has 0 aliphatic carbocycles. The van der Waals surface area contributed by atoms with E-state index < -0.39 is 12.5 Å². The number of rotatable bonds is 18. The average molecular weight is 404 g/mol. The molecule has 0 fully saturated rings. The fourth-order valence-corrected chi connectivity index (χ4v) is 2.70. The number of carboxylic acid groups (broad SMARTS) is 1. The Labute approximate surface area is 193 Å². The zero-order valence-electron chi connectivity index (χ0n) is 18.0. The van der Waals surface area contributed by atoms with E-state index in [4.69, 9.17) is 5.11 Å². The molecule has 0 aromatic carbocycles. The standard InChI is InChI=1S/C22H39NO4.Na/c1-20(24)17-15-13-11-9-7-5-3-2-4-6-8-10-12-14-16-18-21(25)23-19-22(26)27;/h9-12,20,24H,2-8,13-19H2,1H3,(H,23,25)(H,26,27);/q;+1/p-1/b11-9-,12-10-;/t20-;/m0./s1. The van der Waals surface area contributed by atoms with Crippen molar-refractivity contribution in [2.45, 2.75) is 96.5 Å². The molecule has 0 saturated heterocycles. The van der Waals surface area contributed by atoms with E-state index in [9.17, 15) is 14.7 Å². The monoisotopic (exact) mass is 403 g/mol. The van der Waals surface area contributed by atoms with Crippen molar-refractivity contribution in [2.75, 3.05) is 6.54 Å². The first-order valence-corrected chi connectivity index (χ1v) is 10.5. The minimum atomic E-state index is -1.26. The molecule has 0 rings (SSSR count). The average Bonchev–Trinajstić information content (AvgIpc) is 2.62. The Bertz CT molecular complexity index is 436. The van der Waals surface area contributed by atoms with E-state index in [1.165, 1.54) is 32.1 Å². The fraction of sp³-hybridized carbons (Fsp3) is 0.727. The molecule has 1 atom stereocenters. The third-order valence-corrected chi connectivity index (χ3v) is 4.27. The Morgan fingerprint density at radius 3 is 1.82 bits per heavy atom. The fourth-order valence-electron chi connectivity index (χ4n) is 2.70. The molecule has 5 nitrogen and oxygen atoms in total. The largest absolute Gasteiger partial charge is 1.00 e. The molecule has 0 spiro atoms. The van der Waals surface area contributed by atoms with Crippen LogP contribution in [0.15, 0.2) is 24.3 Å². The zero-order chi connectivity index (χ0) is 20.2. The van der Waals surface area contributed by atoms with Gasteiger partial charge in [0.2, 0.25) is 5.91 Å². The Kier molecular flexibility index (Phi) is 23.9. The van der Waals surface area contributed by atoms with E-state index in [1.54, 1.807) is 0 Å². The van der Waals surface area contributed by atoms with E-state index >= 15 is 0 Å². The van der Waals surface area contributed by atoms with E-state index in [1.807, 2.05) is 6.92 Å². The van der Waals surface area contributed by atoms with Gasteiger partial charge in [0.15, 0.2) is 0 Å². The van der Waals surface area contributed by atoms with Crippen LogP contribution >= 0.6 is 0 Å². The van der Waals surface area contributed by atoms with Crippen LogP contribution in [-0.4, -0.2) is 29.6 Å². The molecule has 0 aliphatic rings. The van der Waals surface area contributed by atoms with Gasteiger partial charge in [0, 0.05) is 6.42 Å². The Balaban J connectivity index is 0. The van der Waals surface area contributed by atoms with Crippen LogP contribution in [0.2, 0.25) is 0 Å². The summed E-state index contributed by atoms with van der Waals surface area (Å²) >= 11 is 0. The Hall–Kier alpha value is -0.620. The number of carbonyl (C=O) groups excluding carboxylic acids is 2. The summed E-state index contributed by atoms with van der Waals surface area (Å²) in [6, 6.07) is 0. The number of nitrogens with one attached hydrogen (secondary N) is 1. The number of carboxylic acids is 1. The Morgan fingerprint density at radius 2 is 1.32 bits per heavy atom. The maximum absolute atomic E-state index is 11.3. The van der Waals surface area contributed by atoms with Crippen molar-refractivity contribution in [1.82, 2.24) is 5.32 Å². The summed E-state index contributed by atoms with van der Waals surface area (Å²) in [5.41, 5.74) is 0. The number of aliphatic hydroxyl groups is 1. The van der Waals surface area contributed by atoms with E-state index in [0.29, 0.717) is 6.42 Å². The second kappa shape index (κ2) is 22.7. The zero-order valence-corrected chi connectivity index (χ0v) is 20.0. The molecule has 0 radical (unpaired) electrons. The SMILES string of the molecule is C[C@H](O)CCC/C=C\CCCCCCC/C=C\CCCC(=O)NCC(=O)[O-].[Na+]. The third-order valence-electron chi connectivity index (χ3n) is 4.27. The number of aliphatic carboxylic acids is 1. The summed E-state index contributed by atoms with van der Waals surface area (Å²) in [5, 5.41) is 21.7. The summed E-state index contributed by atoms with van der Waals surface area (Å²) in [7, 11) is 0. The van der Waals surface area contributed by atoms with E-state index in [0.717, 1.165) is 44.9 Å². The predicted molar refractivity (Wildman–Crippen MR) is 108 cm³/mol. The van der Waals surface area contributed by atoms with Crippen LogP contribution in [0.4, 0.5) is 0 Å². The van der Waals surface area contributed by atoms with Crippen molar-refractivity contribution in [1.29, 1.82) is 0 Å². The predicted octanol–water partition coefficient (Wildman–Crippen LogP) is 0.421. The van der Waals surface area contributed by atoms with Crippen molar-refractivity contribution in [3.05, 3.63) is 24.3 Å². The quantitative estimate of drug-likeness (QED) is 0.197. The summed E-state index contributed by atoms with van der Waals surface area (Å²) in [6.45, 7) is 1.43. The maximum Gasteiger partial charge on any atom is 1.00 e. The van der Waals surface area contributed by atoms with Crippen molar-refractivity contribution < 1.29 is 49.4 Å². The number of hydrogen-bond acceptors (Lipinski definition) is 4. The number of amides is 1. The molecule has 2 N–H and O–H groups in total. The molecule has 156 valence electrons. The topological polar surface area (TPSA) is 89.5 Å². The van der Waals surface area contributed by atoms with E-state index in [-0.39, 0.29) is 41.6 Å². The first-order chi connectivity index (χ1) is 13.0. The van der Waals surface area contributed by atoms with Gasteiger partial charge in [0.25, 0.3) is 0 Å². The minimum Gasteiger partial charge on any atom is -0.548 e. The van der Waals surface area contributed by atoms with Crippen LogP contribution in [0.25, 0.3) is 0 Å². The van der Waals surface area contributed by atoms with Gasteiger partial charge in [-0.3, -0.25) is 4.79 Å². The number of allylic oxidation sites excluding steroid dienone is 4. The van der Waals surface area contributed by atoms with Gasteiger partial charge in [-0.05, 0) is 64.7 Å². The number of aliphatic hydroxyl groups excluding tert-OH is 1. The molecular weight excluding hydrogens is 365 g/mol. The molecule has 0 unspecified atom stereocenters. The van der Waals surface area contributed by atoms with Gasteiger partial charge in [-0.25, -0.2) is 0 Å². The van der Waals surface area contributed by atoms with Crippen LogP contribution in [0.3, 0.4) is 0 Å². The maximum atomic E-state index is 11.3. The van der Waals surface area contributed by atoms with Crippen molar-refractivity contribution >= 4 is 11.9 Å². The molecule has 0 aromatic rings. The van der Waals surface area contributed by atoms with Crippen LogP contribution < -0.4 is 40.0 Å². The van der Waals surface area contributed by atoms with E-state index in [2.05, 4.69) is 29.6 Å². The minimum absolute atomic E-state index is 0. The summed E-state index contributed by atoms with van der Waals surface area (Å²) < 4.78 is 0. The number of unbranched alkanes of at least 4 members (excludes halogenated alkanes) is 8. The van der Waals surface area contributed by atoms with Gasteiger partial charge in [-0.2, -0.15) is 0 Å². The van der Waals surface area contributed by atoms with Crippen molar-refractivity contribution in [3.63, 3.8) is 0 Å². The van der Waals surface area contributed by atoms with Gasteiger partial charge < -0.3 is 20.3 Å². The van der Waals surface area contributed by atoms with Crippen LogP contribution in [0, 0.1) is 0 Å². The molecule has 6 heteroatoms. The Morgan fingerprint density at radius 1 is 0.857 bits per heavy atom. The molecular formula is C22H38NNaO4. The molecule has 0 aliphatic heterocycles. The van der Waals surface area contributed by atoms with Crippen LogP contribution in [-0.2, 0) is 9.59 Å². The molecule has 0 saturated carbocycles. The molecule has 1 amide bonds. The summed E-state index contributed by atoms with van der Waals surface area (Å²) in [5.74, 6) is -1.49. The van der Waals surface area contributed by atoms with Gasteiger partial charge >= 0.3 is 29.6 Å². The normalized spacial score (nSPS) is 12.2. The van der Waals surface area contributed by atoms with Gasteiger partial charge in [-0.1, -0.05) is 43.6 Å². The summed E-state index contributed by atoms with van der Waals surface area (Å²) in [6.07, 6.45) is 22.1. The second-order valence-electron chi connectivity index (χ2n) is 7.11. The molecule has 28 heavy (non-hydrogen) atoms. The van der Waals surface area contributed by atoms with Crippen LogP contribution in [0.1, 0.15) is 90.4 Å². The third kappa shape index (κ3) is 25.4. The van der Waals surface area contributed by atoms with Gasteiger partial charge in [0.05, 0.1) is 18.6 Å². The van der Waals surface area contributed by atoms with Crippen molar-refractivity contribution in [3.8, 4) is 0 Å². The van der Waals surface area contributed by atoms with Crippen molar-refractivity contribution in [2.24, 2.45) is 0 Å². The molecule has 0 heterocycles. The number of carbonyl (C=O) groups is 2. The number of hydrogen-bond donors (Lipinski definition) is 2.